The van der Waals surface area contributed by atoms with E-state index in [1.54, 1.807) is 6.08 Å². The Bertz CT molecular complexity index is 226. The number of carbonyl (C=O) groups is 1. The van der Waals surface area contributed by atoms with Gasteiger partial charge in [-0.15, -0.1) is 0 Å². The average Bonchev–Trinajstić information content (AvgIpc) is 2.16. The number of nitrogens with one attached hydrogen (secondary N) is 1. The Morgan fingerprint density at radius 3 is 2.69 bits per heavy atom. The van der Waals surface area contributed by atoms with Gasteiger partial charge in [0.2, 0.25) is 0 Å². The van der Waals surface area contributed by atoms with E-state index in [-0.39, 0.29) is 0 Å². The van der Waals surface area contributed by atoms with Crippen LogP contribution in [-0.4, -0.2) is 19.9 Å². The van der Waals surface area contributed by atoms with Crippen LogP contribution >= 0.6 is 0 Å². The zero-order chi connectivity index (χ0) is 10.1. The molecule has 13 heavy (non-hydrogen) atoms. The molecule has 2 heteroatoms. The molecule has 0 saturated carbocycles. The van der Waals surface area contributed by atoms with Crippen LogP contribution in [0.1, 0.15) is 13.3 Å². The molecule has 1 N–H and O–H groups in total. The van der Waals surface area contributed by atoms with Crippen LogP contribution in [0.15, 0.2) is 36.0 Å². The second-order valence-corrected chi connectivity index (χ2v) is 2.72. The van der Waals surface area contributed by atoms with E-state index in [1.807, 2.05) is 26.1 Å². The highest BCUT2D eigenvalue weighted by molar-refractivity contribution is 5.80. The Kier molecular flexibility index (Phi) is 6.83. The standard InChI is InChI=1S/C11H17NO/c1-4-5-6-11(9-13)10(2)7-8-12-3/h4-6,9,12H,2,7-8H2,1,3H3/b5-4-,11-6-. The third kappa shape index (κ3) is 5.15. The second-order valence-electron chi connectivity index (χ2n) is 2.72. The molecule has 0 aromatic heterocycles. The fraction of sp³-hybridized carbons (Fsp3) is 0.364. The first-order valence-corrected chi connectivity index (χ1v) is 4.37. The van der Waals surface area contributed by atoms with Crippen molar-refractivity contribution in [3.63, 3.8) is 0 Å². The summed E-state index contributed by atoms with van der Waals surface area (Å²) < 4.78 is 0. The summed E-state index contributed by atoms with van der Waals surface area (Å²) in [5.74, 6) is 0. The van der Waals surface area contributed by atoms with Crippen molar-refractivity contribution in [3.05, 3.63) is 36.0 Å². The van der Waals surface area contributed by atoms with Crippen molar-refractivity contribution >= 4 is 6.29 Å². The Balaban J connectivity index is 4.23. The largest absolute Gasteiger partial charge is 0.319 e. The van der Waals surface area contributed by atoms with E-state index in [1.165, 1.54) is 0 Å². The lowest BCUT2D eigenvalue weighted by Gasteiger charge is -2.03. The molecule has 0 aromatic rings. The number of rotatable bonds is 6. The number of carbonyl (C=O) groups excluding carboxylic acids is 1. The van der Waals surface area contributed by atoms with Crippen molar-refractivity contribution < 1.29 is 4.79 Å². The summed E-state index contributed by atoms with van der Waals surface area (Å²) in [5.41, 5.74) is 1.55. The molecule has 0 aliphatic heterocycles. The molecule has 0 rings (SSSR count). The number of allylic oxidation sites excluding steroid dienone is 4. The van der Waals surface area contributed by atoms with Crippen molar-refractivity contribution in [2.75, 3.05) is 13.6 Å². The van der Waals surface area contributed by atoms with E-state index < -0.39 is 0 Å². The SMILES string of the molecule is C=C(CCNC)/C(C=O)=C\C=C/C. The molecule has 0 aliphatic rings. The minimum absolute atomic E-state index is 0.674. The maximum absolute atomic E-state index is 10.6. The summed E-state index contributed by atoms with van der Waals surface area (Å²) in [5, 5.41) is 3.01. The predicted octanol–water partition coefficient (Wildman–Crippen LogP) is 1.85. The Morgan fingerprint density at radius 1 is 1.54 bits per heavy atom. The van der Waals surface area contributed by atoms with Crippen LogP contribution in [0.25, 0.3) is 0 Å². The topological polar surface area (TPSA) is 29.1 Å². The van der Waals surface area contributed by atoms with Crippen molar-refractivity contribution in [3.8, 4) is 0 Å². The van der Waals surface area contributed by atoms with Crippen molar-refractivity contribution in [1.29, 1.82) is 0 Å². The van der Waals surface area contributed by atoms with E-state index in [0.29, 0.717) is 5.57 Å². The minimum Gasteiger partial charge on any atom is -0.319 e. The molecule has 0 fully saturated rings. The van der Waals surface area contributed by atoms with Crippen molar-refractivity contribution in [1.82, 2.24) is 5.32 Å². The zero-order valence-electron chi connectivity index (χ0n) is 8.34. The molecular formula is C11H17NO. The van der Waals surface area contributed by atoms with Gasteiger partial charge in [0.15, 0.2) is 0 Å². The van der Waals surface area contributed by atoms with Gasteiger partial charge in [-0.2, -0.15) is 0 Å². The summed E-state index contributed by atoms with van der Waals surface area (Å²) in [6.07, 6.45) is 7.16. The number of hydrogen-bond acceptors (Lipinski definition) is 2. The number of hydrogen-bond donors (Lipinski definition) is 1. The van der Waals surface area contributed by atoms with Crippen molar-refractivity contribution in [2.45, 2.75) is 13.3 Å². The third-order valence-electron chi connectivity index (χ3n) is 1.68. The molecule has 0 atom stereocenters. The fourth-order valence-electron chi connectivity index (χ4n) is 0.861. The maximum atomic E-state index is 10.6. The van der Waals surface area contributed by atoms with Gasteiger partial charge in [0.1, 0.15) is 6.29 Å². The summed E-state index contributed by atoms with van der Waals surface area (Å²) >= 11 is 0. The Morgan fingerprint density at radius 2 is 2.23 bits per heavy atom. The number of aldehydes is 1. The Labute approximate surface area is 80.0 Å². The molecule has 0 amide bonds. The molecule has 0 saturated heterocycles. The lowest BCUT2D eigenvalue weighted by atomic mass is 10.1. The highest BCUT2D eigenvalue weighted by atomic mass is 16.1. The van der Waals surface area contributed by atoms with Crippen LogP contribution < -0.4 is 5.32 Å². The van der Waals surface area contributed by atoms with E-state index in [4.69, 9.17) is 0 Å². The van der Waals surface area contributed by atoms with Gasteiger partial charge in [0.25, 0.3) is 0 Å². The summed E-state index contributed by atoms with van der Waals surface area (Å²) in [6.45, 7) is 6.60. The van der Waals surface area contributed by atoms with Crippen LogP contribution in [0.4, 0.5) is 0 Å². The maximum Gasteiger partial charge on any atom is 0.150 e. The first-order valence-electron chi connectivity index (χ1n) is 4.37. The van der Waals surface area contributed by atoms with Gasteiger partial charge < -0.3 is 5.32 Å². The normalized spacial score (nSPS) is 12.0. The molecule has 0 unspecified atom stereocenters. The lowest BCUT2D eigenvalue weighted by Crippen LogP contribution is -2.08. The van der Waals surface area contributed by atoms with Crippen molar-refractivity contribution in [2.24, 2.45) is 0 Å². The van der Waals surface area contributed by atoms with E-state index in [9.17, 15) is 4.79 Å². The van der Waals surface area contributed by atoms with Gasteiger partial charge in [0.05, 0.1) is 0 Å². The van der Waals surface area contributed by atoms with Gasteiger partial charge >= 0.3 is 0 Å². The van der Waals surface area contributed by atoms with Gasteiger partial charge in [0, 0.05) is 5.57 Å². The van der Waals surface area contributed by atoms with E-state index >= 15 is 0 Å². The summed E-state index contributed by atoms with van der Waals surface area (Å²) in [6, 6.07) is 0. The lowest BCUT2D eigenvalue weighted by molar-refractivity contribution is -0.104. The van der Waals surface area contributed by atoms with Crippen LogP contribution in [0.5, 0.6) is 0 Å². The van der Waals surface area contributed by atoms with E-state index in [2.05, 4.69) is 11.9 Å². The van der Waals surface area contributed by atoms with Crippen LogP contribution in [0.2, 0.25) is 0 Å². The summed E-state index contributed by atoms with van der Waals surface area (Å²) in [7, 11) is 1.88. The van der Waals surface area contributed by atoms with Gasteiger partial charge in [-0.1, -0.05) is 24.8 Å². The second kappa shape index (κ2) is 7.50. The monoisotopic (exact) mass is 179 g/mol. The van der Waals surface area contributed by atoms with Gasteiger partial charge in [-0.3, -0.25) is 4.79 Å². The predicted molar refractivity (Wildman–Crippen MR) is 56.6 cm³/mol. The van der Waals surface area contributed by atoms with Gasteiger partial charge in [-0.05, 0) is 32.5 Å². The quantitative estimate of drug-likeness (QED) is 0.383. The van der Waals surface area contributed by atoms with Gasteiger partial charge in [-0.25, -0.2) is 0 Å². The molecule has 2 nitrogen and oxygen atoms in total. The fourth-order valence-corrected chi connectivity index (χ4v) is 0.861. The summed E-state index contributed by atoms with van der Waals surface area (Å²) in [4.78, 5) is 10.6. The highest BCUT2D eigenvalue weighted by Crippen LogP contribution is 2.08. The third-order valence-corrected chi connectivity index (χ3v) is 1.68. The van der Waals surface area contributed by atoms with E-state index in [0.717, 1.165) is 24.8 Å². The van der Waals surface area contributed by atoms with Crippen LogP contribution in [0.3, 0.4) is 0 Å². The molecule has 0 heterocycles. The first kappa shape index (κ1) is 11.8. The average molecular weight is 179 g/mol. The molecular weight excluding hydrogens is 162 g/mol. The Hall–Kier alpha value is -1.15. The smallest absolute Gasteiger partial charge is 0.150 e. The zero-order valence-corrected chi connectivity index (χ0v) is 8.34. The first-order chi connectivity index (χ1) is 6.26. The molecule has 0 aromatic carbocycles. The molecule has 0 bridgehead atoms. The molecule has 0 radical (unpaired) electrons. The molecule has 0 spiro atoms. The molecule has 72 valence electrons. The minimum atomic E-state index is 0.674. The van der Waals surface area contributed by atoms with Crippen LogP contribution in [-0.2, 0) is 4.79 Å². The molecule has 0 aliphatic carbocycles. The highest BCUT2D eigenvalue weighted by Gasteiger charge is 1.98. The van der Waals surface area contributed by atoms with Crippen LogP contribution in [0, 0.1) is 0 Å².